The first-order chi connectivity index (χ1) is 10.6. The summed E-state index contributed by atoms with van der Waals surface area (Å²) < 4.78 is 2.00. The van der Waals surface area contributed by atoms with Gasteiger partial charge in [-0.15, -0.1) is 11.3 Å². The summed E-state index contributed by atoms with van der Waals surface area (Å²) in [5.74, 6) is 0.761. The van der Waals surface area contributed by atoms with Gasteiger partial charge < -0.3 is 0 Å². The molecule has 0 aliphatic heterocycles. The van der Waals surface area contributed by atoms with Gasteiger partial charge in [0.15, 0.2) is 4.34 Å². The van der Waals surface area contributed by atoms with Crippen molar-refractivity contribution in [1.29, 1.82) is 0 Å². The van der Waals surface area contributed by atoms with Crippen molar-refractivity contribution in [2.75, 3.05) is 0 Å². The summed E-state index contributed by atoms with van der Waals surface area (Å²) in [5.41, 5.74) is 2.96. The number of thiazole rings is 1. The van der Waals surface area contributed by atoms with Crippen LogP contribution in [0.4, 0.5) is 0 Å². The molecular formula is C16H10Cl3NS2. The standard InChI is InChI=1S/C16H10Cl3NS2/c1-2-9-3-4-10(11(17)5-9)8-21-16-20-14-6-12(18)13(19)7-15(14)22-16/h2-7H,1,8H2. The fourth-order valence-corrected chi connectivity index (χ4v) is 4.73. The second kappa shape index (κ2) is 6.81. The van der Waals surface area contributed by atoms with Crippen LogP contribution in [-0.2, 0) is 5.75 Å². The third-order valence-corrected chi connectivity index (χ3v) is 6.36. The molecule has 0 unspecified atom stereocenters. The average molecular weight is 387 g/mol. The largest absolute Gasteiger partial charge is 0.230 e. The predicted molar refractivity (Wildman–Crippen MR) is 101 cm³/mol. The molecule has 0 saturated heterocycles. The molecule has 0 atom stereocenters. The Balaban J connectivity index is 1.80. The third kappa shape index (κ3) is 3.44. The van der Waals surface area contributed by atoms with E-state index in [0.717, 1.165) is 36.5 Å². The zero-order chi connectivity index (χ0) is 15.7. The second-order valence-electron chi connectivity index (χ2n) is 4.56. The quantitative estimate of drug-likeness (QED) is 0.440. The van der Waals surface area contributed by atoms with Gasteiger partial charge in [0.25, 0.3) is 0 Å². The molecule has 112 valence electrons. The number of aromatic nitrogens is 1. The van der Waals surface area contributed by atoms with Crippen LogP contribution in [0.3, 0.4) is 0 Å². The highest BCUT2D eigenvalue weighted by Gasteiger charge is 2.09. The highest BCUT2D eigenvalue weighted by molar-refractivity contribution is 8.00. The van der Waals surface area contributed by atoms with Gasteiger partial charge in [0.2, 0.25) is 0 Å². The van der Waals surface area contributed by atoms with Crippen LogP contribution in [0, 0.1) is 0 Å². The number of benzene rings is 2. The Morgan fingerprint density at radius 1 is 1.09 bits per heavy atom. The number of hydrogen-bond acceptors (Lipinski definition) is 3. The molecule has 22 heavy (non-hydrogen) atoms. The molecule has 1 nitrogen and oxygen atoms in total. The van der Waals surface area contributed by atoms with E-state index in [-0.39, 0.29) is 0 Å². The van der Waals surface area contributed by atoms with Gasteiger partial charge in [-0.05, 0) is 29.3 Å². The Hall–Kier alpha value is -0.710. The molecule has 6 heteroatoms. The molecule has 0 aliphatic carbocycles. The van der Waals surface area contributed by atoms with Crippen molar-refractivity contribution in [1.82, 2.24) is 4.98 Å². The summed E-state index contributed by atoms with van der Waals surface area (Å²) in [6.45, 7) is 3.74. The van der Waals surface area contributed by atoms with Crippen LogP contribution in [0.5, 0.6) is 0 Å². The van der Waals surface area contributed by atoms with E-state index >= 15 is 0 Å². The predicted octanol–water partition coefficient (Wildman–Crippen LogP) is 7.19. The fraction of sp³-hybridized carbons (Fsp3) is 0.0625. The lowest BCUT2D eigenvalue weighted by molar-refractivity contribution is 1.29. The van der Waals surface area contributed by atoms with E-state index in [9.17, 15) is 0 Å². The number of halogens is 3. The van der Waals surface area contributed by atoms with Crippen LogP contribution >= 0.6 is 57.9 Å². The van der Waals surface area contributed by atoms with Crippen LogP contribution in [-0.4, -0.2) is 4.98 Å². The molecular weight excluding hydrogens is 377 g/mol. The zero-order valence-electron chi connectivity index (χ0n) is 11.3. The van der Waals surface area contributed by atoms with E-state index in [2.05, 4.69) is 11.6 Å². The van der Waals surface area contributed by atoms with Crippen molar-refractivity contribution < 1.29 is 0 Å². The number of thioether (sulfide) groups is 1. The lowest BCUT2D eigenvalue weighted by Gasteiger charge is -2.03. The Labute approximate surface area is 151 Å². The summed E-state index contributed by atoms with van der Waals surface area (Å²) >= 11 is 21.6. The van der Waals surface area contributed by atoms with Crippen LogP contribution < -0.4 is 0 Å². The maximum atomic E-state index is 6.28. The molecule has 3 aromatic rings. The van der Waals surface area contributed by atoms with Crippen molar-refractivity contribution in [3.63, 3.8) is 0 Å². The topological polar surface area (TPSA) is 12.9 Å². The van der Waals surface area contributed by atoms with Gasteiger partial charge in [-0.2, -0.15) is 0 Å². The van der Waals surface area contributed by atoms with E-state index in [1.165, 1.54) is 0 Å². The second-order valence-corrected chi connectivity index (χ2v) is 8.03. The molecule has 0 amide bonds. The van der Waals surface area contributed by atoms with Crippen LogP contribution in [0.15, 0.2) is 41.3 Å². The Morgan fingerprint density at radius 3 is 2.59 bits per heavy atom. The molecule has 0 spiro atoms. The van der Waals surface area contributed by atoms with Gasteiger partial charge in [0, 0.05) is 10.8 Å². The van der Waals surface area contributed by atoms with E-state index in [4.69, 9.17) is 34.8 Å². The van der Waals surface area contributed by atoms with E-state index < -0.39 is 0 Å². The van der Waals surface area contributed by atoms with E-state index in [1.807, 2.05) is 24.3 Å². The lowest BCUT2D eigenvalue weighted by atomic mass is 10.1. The van der Waals surface area contributed by atoms with Gasteiger partial charge in [0.1, 0.15) is 0 Å². The molecule has 1 heterocycles. The highest BCUT2D eigenvalue weighted by Crippen LogP contribution is 2.36. The number of fused-ring (bicyclic) bond motifs is 1. The van der Waals surface area contributed by atoms with E-state index in [0.29, 0.717) is 10.0 Å². The Morgan fingerprint density at radius 2 is 1.86 bits per heavy atom. The van der Waals surface area contributed by atoms with Crippen molar-refractivity contribution in [2.45, 2.75) is 10.1 Å². The molecule has 0 radical (unpaired) electrons. The SMILES string of the molecule is C=Cc1ccc(CSc2nc3cc(Cl)c(Cl)cc3s2)c(Cl)c1. The zero-order valence-corrected chi connectivity index (χ0v) is 15.2. The third-order valence-electron chi connectivity index (χ3n) is 3.07. The average Bonchev–Trinajstić information content (AvgIpc) is 2.88. The van der Waals surface area contributed by atoms with Gasteiger partial charge in [-0.25, -0.2) is 4.98 Å². The number of hydrogen-bond donors (Lipinski definition) is 0. The molecule has 3 rings (SSSR count). The molecule has 1 aromatic heterocycles. The monoisotopic (exact) mass is 385 g/mol. The lowest BCUT2D eigenvalue weighted by Crippen LogP contribution is -1.83. The smallest absolute Gasteiger partial charge is 0.151 e. The molecule has 0 saturated carbocycles. The summed E-state index contributed by atoms with van der Waals surface area (Å²) in [6, 6.07) is 9.60. The van der Waals surface area contributed by atoms with E-state index in [1.54, 1.807) is 35.2 Å². The normalized spacial score (nSPS) is 11.0. The van der Waals surface area contributed by atoms with Gasteiger partial charge in [0.05, 0.1) is 20.3 Å². The molecule has 0 aliphatic rings. The summed E-state index contributed by atoms with van der Waals surface area (Å²) in [5, 5.41) is 1.83. The van der Waals surface area contributed by atoms with Crippen LogP contribution in [0.25, 0.3) is 16.3 Å². The molecule has 2 aromatic carbocycles. The van der Waals surface area contributed by atoms with Gasteiger partial charge in [-0.3, -0.25) is 0 Å². The van der Waals surface area contributed by atoms with Crippen molar-refractivity contribution in [3.05, 3.63) is 63.1 Å². The van der Waals surface area contributed by atoms with Crippen molar-refractivity contribution in [2.24, 2.45) is 0 Å². The molecule has 0 fully saturated rings. The number of rotatable bonds is 4. The minimum absolute atomic E-state index is 0.527. The first-order valence-corrected chi connectivity index (χ1v) is 9.29. The van der Waals surface area contributed by atoms with Crippen molar-refractivity contribution in [3.8, 4) is 0 Å². The molecule has 0 N–H and O–H groups in total. The van der Waals surface area contributed by atoms with Crippen LogP contribution in [0.2, 0.25) is 15.1 Å². The maximum absolute atomic E-state index is 6.28. The maximum Gasteiger partial charge on any atom is 0.151 e. The minimum atomic E-state index is 0.527. The fourth-order valence-electron chi connectivity index (χ4n) is 1.91. The number of nitrogens with zero attached hydrogens (tertiary/aromatic N) is 1. The summed E-state index contributed by atoms with van der Waals surface area (Å²) in [4.78, 5) is 4.57. The summed E-state index contributed by atoms with van der Waals surface area (Å²) in [6.07, 6.45) is 1.78. The Bertz CT molecular complexity index is 819. The Kier molecular flexibility index (Phi) is 5.00. The highest BCUT2D eigenvalue weighted by atomic mass is 35.5. The van der Waals surface area contributed by atoms with Crippen LogP contribution in [0.1, 0.15) is 11.1 Å². The first-order valence-electron chi connectivity index (χ1n) is 6.36. The van der Waals surface area contributed by atoms with Gasteiger partial charge >= 0.3 is 0 Å². The first kappa shape index (κ1) is 16.2. The van der Waals surface area contributed by atoms with Crippen molar-refractivity contribution >= 4 is 74.2 Å². The van der Waals surface area contributed by atoms with Gasteiger partial charge in [-0.1, -0.05) is 71.4 Å². The minimum Gasteiger partial charge on any atom is -0.230 e. The summed E-state index contributed by atoms with van der Waals surface area (Å²) in [7, 11) is 0. The molecule has 0 bridgehead atoms.